The van der Waals surface area contributed by atoms with Crippen LogP contribution in [-0.2, 0) is 6.61 Å². The van der Waals surface area contributed by atoms with E-state index in [1.165, 1.54) is 6.07 Å². The van der Waals surface area contributed by atoms with E-state index in [4.69, 9.17) is 10.5 Å². The topological polar surface area (TPSA) is 35.2 Å². The van der Waals surface area contributed by atoms with Gasteiger partial charge in [-0.25, -0.2) is 13.2 Å². The van der Waals surface area contributed by atoms with Crippen LogP contribution in [0.5, 0.6) is 5.75 Å². The number of hydrogen-bond acceptors (Lipinski definition) is 2. The summed E-state index contributed by atoms with van der Waals surface area (Å²) >= 11 is 3.13. The zero-order valence-electron chi connectivity index (χ0n) is 10.2. The molecule has 0 unspecified atom stereocenters. The summed E-state index contributed by atoms with van der Waals surface area (Å²) in [5.41, 5.74) is 6.33. The number of halogens is 6. The molecule has 0 amide bonds. The maximum absolute atomic E-state index is 13.4. The SMILES string of the molecule is Nc1cccc(COc2c(F)c(F)c(F)c(F)c2F)c1Br. The van der Waals surface area contributed by atoms with Gasteiger partial charge in [-0.2, -0.15) is 8.78 Å². The number of benzene rings is 2. The van der Waals surface area contributed by atoms with Crippen LogP contribution in [0.4, 0.5) is 27.6 Å². The number of ether oxygens (including phenoxy) is 1. The predicted octanol–water partition coefficient (Wildman–Crippen LogP) is 4.31. The van der Waals surface area contributed by atoms with Crippen molar-refractivity contribution in [1.82, 2.24) is 0 Å². The quantitative estimate of drug-likeness (QED) is 0.379. The Balaban J connectivity index is 2.35. The first-order chi connectivity index (χ1) is 9.84. The van der Waals surface area contributed by atoms with Gasteiger partial charge in [0.1, 0.15) is 6.61 Å². The minimum absolute atomic E-state index is 0.341. The molecule has 112 valence electrons. The minimum Gasteiger partial charge on any atom is -0.483 e. The lowest BCUT2D eigenvalue weighted by Crippen LogP contribution is -2.07. The fourth-order valence-corrected chi connectivity index (χ4v) is 1.95. The number of nitrogen functional groups attached to an aromatic ring is 1. The van der Waals surface area contributed by atoms with Crippen LogP contribution in [0.3, 0.4) is 0 Å². The Kier molecular flexibility index (Phi) is 4.36. The summed E-state index contributed by atoms with van der Waals surface area (Å²) in [6.45, 7) is -0.427. The highest BCUT2D eigenvalue weighted by Gasteiger charge is 2.27. The molecule has 8 heteroatoms. The first-order valence-electron chi connectivity index (χ1n) is 5.51. The smallest absolute Gasteiger partial charge is 0.207 e. The van der Waals surface area contributed by atoms with Gasteiger partial charge in [0.15, 0.2) is 5.75 Å². The second kappa shape index (κ2) is 5.88. The molecule has 2 nitrogen and oxygen atoms in total. The molecular formula is C13H7BrF5NO. The Labute approximate surface area is 124 Å². The molecule has 21 heavy (non-hydrogen) atoms. The summed E-state index contributed by atoms with van der Waals surface area (Å²) in [6, 6.07) is 4.63. The lowest BCUT2D eigenvalue weighted by Gasteiger charge is -2.12. The lowest BCUT2D eigenvalue weighted by atomic mass is 10.2. The second-order valence-electron chi connectivity index (χ2n) is 4.01. The van der Waals surface area contributed by atoms with Gasteiger partial charge in [0.25, 0.3) is 0 Å². The molecule has 0 radical (unpaired) electrons. The average Bonchev–Trinajstić information content (AvgIpc) is 2.47. The van der Waals surface area contributed by atoms with Crippen LogP contribution in [0.15, 0.2) is 22.7 Å². The molecule has 0 fully saturated rings. The molecule has 0 saturated carbocycles. The summed E-state index contributed by atoms with van der Waals surface area (Å²) in [5, 5.41) is 0. The van der Waals surface area contributed by atoms with Crippen LogP contribution < -0.4 is 10.5 Å². The summed E-state index contributed by atoms with van der Waals surface area (Å²) in [5.74, 6) is -11.7. The first-order valence-corrected chi connectivity index (χ1v) is 6.31. The third-order valence-corrected chi connectivity index (χ3v) is 3.62. The van der Waals surface area contributed by atoms with Gasteiger partial charge in [-0.3, -0.25) is 0 Å². The number of nitrogens with two attached hydrogens (primary N) is 1. The van der Waals surface area contributed by atoms with Gasteiger partial charge in [0, 0.05) is 15.7 Å². The largest absolute Gasteiger partial charge is 0.483 e. The minimum atomic E-state index is -2.23. The normalized spacial score (nSPS) is 10.8. The molecule has 2 rings (SSSR count). The summed E-state index contributed by atoms with van der Waals surface area (Å²) < 4.78 is 70.8. The molecule has 2 aromatic carbocycles. The van der Waals surface area contributed by atoms with E-state index in [1.54, 1.807) is 12.1 Å². The van der Waals surface area contributed by atoms with E-state index in [2.05, 4.69) is 15.9 Å². The maximum Gasteiger partial charge on any atom is 0.207 e. The van der Waals surface area contributed by atoms with Crippen LogP contribution in [0.1, 0.15) is 5.56 Å². The molecule has 0 atom stereocenters. The van der Waals surface area contributed by atoms with Crippen molar-refractivity contribution in [3.8, 4) is 5.75 Å². The van der Waals surface area contributed by atoms with Crippen molar-refractivity contribution < 1.29 is 26.7 Å². The van der Waals surface area contributed by atoms with E-state index < -0.39 is 41.4 Å². The highest BCUT2D eigenvalue weighted by Crippen LogP contribution is 2.31. The van der Waals surface area contributed by atoms with E-state index in [-0.39, 0.29) is 0 Å². The third kappa shape index (κ3) is 2.80. The van der Waals surface area contributed by atoms with Crippen molar-refractivity contribution in [3.63, 3.8) is 0 Å². The van der Waals surface area contributed by atoms with Crippen LogP contribution >= 0.6 is 15.9 Å². The monoisotopic (exact) mass is 367 g/mol. The Bertz CT molecular complexity index is 678. The summed E-state index contributed by atoms with van der Waals surface area (Å²) in [7, 11) is 0. The van der Waals surface area contributed by atoms with Gasteiger partial charge in [0.2, 0.25) is 29.1 Å². The second-order valence-corrected chi connectivity index (χ2v) is 4.80. The van der Waals surface area contributed by atoms with Crippen LogP contribution in [0.2, 0.25) is 0 Å². The van der Waals surface area contributed by atoms with Crippen molar-refractivity contribution >= 4 is 21.6 Å². The fraction of sp³-hybridized carbons (Fsp3) is 0.0769. The molecular weight excluding hydrogens is 361 g/mol. The molecule has 2 N–H and O–H groups in total. The van der Waals surface area contributed by atoms with Gasteiger partial charge in [0.05, 0.1) is 0 Å². The lowest BCUT2D eigenvalue weighted by molar-refractivity contribution is 0.253. The molecule has 0 aliphatic carbocycles. The molecule has 0 aromatic heterocycles. The van der Waals surface area contributed by atoms with Gasteiger partial charge < -0.3 is 10.5 Å². The highest BCUT2D eigenvalue weighted by atomic mass is 79.9. The first kappa shape index (κ1) is 15.6. The number of rotatable bonds is 3. The van der Waals surface area contributed by atoms with E-state index in [0.717, 1.165) is 0 Å². The van der Waals surface area contributed by atoms with Crippen molar-refractivity contribution in [3.05, 3.63) is 57.3 Å². The zero-order chi connectivity index (χ0) is 15.7. The Morgan fingerprint density at radius 1 is 0.905 bits per heavy atom. The summed E-state index contributed by atoms with van der Waals surface area (Å²) in [6.07, 6.45) is 0. The summed E-state index contributed by atoms with van der Waals surface area (Å²) in [4.78, 5) is 0. The number of hydrogen-bond donors (Lipinski definition) is 1. The Morgan fingerprint density at radius 2 is 1.43 bits per heavy atom. The molecule has 0 bridgehead atoms. The van der Waals surface area contributed by atoms with E-state index >= 15 is 0 Å². The Hall–Kier alpha value is -1.83. The molecule has 0 spiro atoms. The molecule has 0 aliphatic rings. The van der Waals surface area contributed by atoms with Crippen LogP contribution in [-0.4, -0.2) is 0 Å². The van der Waals surface area contributed by atoms with E-state index in [9.17, 15) is 22.0 Å². The fourth-order valence-electron chi connectivity index (χ4n) is 1.57. The Morgan fingerprint density at radius 3 is 2.00 bits per heavy atom. The van der Waals surface area contributed by atoms with Crippen molar-refractivity contribution in [1.29, 1.82) is 0 Å². The maximum atomic E-state index is 13.4. The molecule has 0 heterocycles. The van der Waals surface area contributed by atoms with Crippen molar-refractivity contribution in [2.45, 2.75) is 6.61 Å². The van der Waals surface area contributed by atoms with Crippen molar-refractivity contribution in [2.75, 3.05) is 5.73 Å². The number of anilines is 1. The average molecular weight is 368 g/mol. The van der Waals surface area contributed by atoms with Gasteiger partial charge >= 0.3 is 0 Å². The van der Waals surface area contributed by atoms with Gasteiger partial charge in [-0.15, -0.1) is 0 Å². The van der Waals surface area contributed by atoms with Crippen molar-refractivity contribution in [2.24, 2.45) is 0 Å². The van der Waals surface area contributed by atoms with E-state index in [1.807, 2.05) is 0 Å². The third-order valence-electron chi connectivity index (χ3n) is 2.65. The van der Waals surface area contributed by atoms with Crippen LogP contribution in [0, 0.1) is 29.1 Å². The highest BCUT2D eigenvalue weighted by molar-refractivity contribution is 9.10. The van der Waals surface area contributed by atoms with Gasteiger partial charge in [-0.1, -0.05) is 12.1 Å². The van der Waals surface area contributed by atoms with E-state index in [0.29, 0.717) is 15.7 Å². The van der Waals surface area contributed by atoms with Gasteiger partial charge in [-0.05, 0) is 22.0 Å². The zero-order valence-corrected chi connectivity index (χ0v) is 11.8. The predicted molar refractivity (Wildman–Crippen MR) is 69.1 cm³/mol. The molecule has 0 aliphatic heterocycles. The standard InChI is InChI=1S/C13H7BrF5NO/c14-7-5(2-1-3-6(7)20)4-21-13-11(18)9(16)8(15)10(17)12(13)19/h1-3H,4,20H2. The molecule has 0 saturated heterocycles. The molecule has 2 aromatic rings. The van der Waals surface area contributed by atoms with Crippen LogP contribution in [0.25, 0.3) is 0 Å².